The van der Waals surface area contributed by atoms with E-state index in [0.29, 0.717) is 13.0 Å². The Bertz CT molecular complexity index is 296. The SMILES string of the molecule is CNCCNC(=O)Cc1ccc(C)s1. The van der Waals surface area contributed by atoms with Gasteiger partial charge in [0.2, 0.25) is 5.91 Å². The van der Waals surface area contributed by atoms with Gasteiger partial charge in [-0.15, -0.1) is 11.3 Å². The molecule has 1 aromatic heterocycles. The Morgan fingerprint density at radius 3 is 2.79 bits per heavy atom. The van der Waals surface area contributed by atoms with E-state index in [1.807, 2.05) is 26.1 Å². The minimum atomic E-state index is 0.0992. The molecule has 0 saturated heterocycles. The molecule has 0 aromatic carbocycles. The van der Waals surface area contributed by atoms with Gasteiger partial charge in [-0.2, -0.15) is 0 Å². The molecule has 14 heavy (non-hydrogen) atoms. The van der Waals surface area contributed by atoms with Crippen LogP contribution in [0.1, 0.15) is 9.75 Å². The second-order valence-corrected chi connectivity index (χ2v) is 4.52. The second kappa shape index (κ2) is 5.78. The number of aryl methyl sites for hydroxylation is 1. The highest BCUT2D eigenvalue weighted by atomic mass is 32.1. The van der Waals surface area contributed by atoms with Gasteiger partial charge in [-0.05, 0) is 26.1 Å². The molecule has 0 atom stereocenters. The molecule has 2 N–H and O–H groups in total. The van der Waals surface area contributed by atoms with E-state index in [1.165, 1.54) is 4.88 Å². The lowest BCUT2D eigenvalue weighted by Gasteiger charge is -2.02. The second-order valence-electron chi connectivity index (χ2n) is 3.14. The van der Waals surface area contributed by atoms with Crippen LogP contribution >= 0.6 is 11.3 Å². The quantitative estimate of drug-likeness (QED) is 0.713. The molecular weight excluding hydrogens is 196 g/mol. The van der Waals surface area contributed by atoms with Crippen molar-refractivity contribution in [2.24, 2.45) is 0 Å². The fourth-order valence-corrected chi connectivity index (χ4v) is 2.02. The van der Waals surface area contributed by atoms with E-state index in [-0.39, 0.29) is 5.91 Å². The zero-order chi connectivity index (χ0) is 10.4. The molecule has 0 saturated carbocycles. The molecule has 0 fully saturated rings. The van der Waals surface area contributed by atoms with Crippen LogP contribution in [0.15, 0.2) is 12.1 Å². The van der Waals surface area contributed by atoms with Crippen molar-refractivity contribution < 1.29 is 4.79 Å². The summed E-state index contributed by atoms with van der Waals surface area (Å²) < 4.78 is 0. The van der Waals surface area contributed by atoms with Crippen molar-refractivity contribution in [3.8, 4) is 0 Å². The summed E-state index contributed by atoms with van der Waals surface area (Å²) in [7, 11) is 1.87. The molecule has 1 amide bonds. The van der Waals surface area contributed by atoms with Crippen LogP contribution in [0.4, 0.5) is 0 Å². The maximum Gasteiger partial charge on any atom is 0.225 e. The molecule has 0 bridgehead atoms. The zero-order valence-corrected chi connectivity index (χ0v) is 9.41. The van der Waals surface area contributed by atoms with Gasteiger partial charge in [0.15, 0.2) is 0 Å². The smallest absolute Gasteiger partial charge is 0.225 e. The van der Waals surface area contributed by atoms with E-state index in [0.717, 1.165) is 11.4 Å². The van der Waals surface area contributed by atoms with Crippen molar-refractivity contribution in [2.75, 3.05) is 20.1 Å². The molecule has 0 aliphatic heterocycles. The van der Waals surface area contributed by atoms with Crippen molar-refractivity contribution in [3.63, 3.8) is 0 Å². The molecule has 0 aliphatic rings. The van der Waals surface area contributed by atoms with Gasteiger partial charge in [0.1, 0.15) is 0 Å². The summed E-state index contributed by atoms with van der Waals surface area (Å²) in [5.74, 6) is 0.0992. The predicted molar refractivity (Wildman–Crippen MR) is 59.7 cm³/mol. The summed E-state index contributed by atoms with van der Waals surface area (Å²) in [4.78, 5) is 13.7. The lowest BCUT2D eigenvalue weighted by molar-refractivity contribution is -0.120. The molecule has 0 spiro atoms. The molecule has 1 aromatic rings. The lowest BCUT2D eigenvalue weighted by atomic mass is 10.3. The van der Waals surface area contributed by atoms with Crippen LogP contribution in [0.5, 0.6) is 0 Å². The van der Waals surface area contributed by atoms with Crippen LogP contribution in [0, 0.1) is 6.92 Å². The molecule has 3 nitrogen and oxygen atoms in total. The Labute approximate surface area is 88.5 Å². The average Bonchev–Trinajstić information content (AvgIpc) is 2.52. The Morgan fingerprint density at radius 1 is 1.43 bits per heavy atom. The number of likely N-dealkylation sites (N-methyl/N-ethyl adjacent to an activating group) is 1. The molecule has 4 heteroatoms. The van der Waals surface area contributed by atoms with Crippen molar-refractivity contribution in [2.45, 2.75) is 13.3 Å². The minimum Gasteiger partial charge on any atom is -0.355 e. The van der Waals surface area contributed by atoms with E-state index in [1.54, 1.807) is 11.3 Å². The third-order valence-electron chi connectivity index (χ3n) is 1.83. The van der Waals surface area contributed by atoms with Crippen molar-refractivity contribution in [1.29, 1.82) is 0 Å². The summed E-state index contributed by atoms with van der Waals surface area (Å²) in [6, 6.07) is 4.05. The van der Waals surface area contributed by atoms with E-state index in [2.05, 4.69) is 10.6 Å². The van der Waals surface area contributed by atoms with E-state index < -0.39 is 0 Å². The average molecular weight is 212 g/mol. The van der Waals surface area contributed by atoms with Crippen LogP contribution < -0.4 is 10.6 Å². The standard InChI is InChI=1S/C10H16N2OS/c1-8-3-4-9(14-8)7-10(13)12-6-5-11-2/h3-4,11H,5-7H2,1-2H3,(H,12,13). The zero-order valence-electron chi connectivity index (χ0n) is 8.59. The highest BCUT2D eigenvalue weighted by molar-refractivity contribution is 7.12. The monoisotopic (exact) mass is 212 g/mol. The van der Waals surface area contributed by atoms with Gasteiger partial charge in [-0.1, -0.05) is 0 Å². The fraction of sp³-hybridized carbons (Fsp3) is 0.500. The third-order valence-corrected chi connectivity index (χ3v) is 2.83. The van der Waals surface area contributed by atoms with Gasteiger partial charge in [-0.3, -0.25) is 4.79 Å². The molecule has 1 heterocycles. The number of amides is 1. The lowest BCUT2D eigenvalue weighted by Crippen LogP contribution is -2.31. The predicted octanol–water partition coefficient (Wildman–Crippen LogP) is 0.935. The van der Waals surface area contributed by atoms with Gasteiger partial charge < -0.3 is 10.6 Å². The van der Waals surface area contributed by atoms with Gasteiger partial charge in [0.05, 0.1) is 6.42 Å². The highest BCUT2D eigenvalue weighted by Gasteiger charge is 2.03. The van der Waals surface area contributed by atoms with Crippen LogP contribution in [0.25, 0.3) is 0 Å². The van der Waals surface area contributed by atoms with Crippen LogP contribution in [0.2, 0.25) is 0 Å². The number of hydrogen-bond acceptors (Lipinski definition) is 3. The van der Waals surface area contributed by atoms with Gasteiger partial charge in [-0.25, -0.2) is 0 Å². The molecule has 78 valence electrons. The summed E-state index contributed by atoms with van der Waals surface area (Å²) in [5, 5.41) is 5.83. The number of carbonyl (C=O) groups excluding carboxylic acids is 1. The van der Waals surface area contributed by atoms with E-state index in [9.17, 15) is 4.79 Å². The molecule has 0 unspecified atom stereocenters. The maximum absolute atomic E-state index is 11.4. The summed E-state index contributed by atoms with van der Waals surface area (Å²) in [5.41, 5.74) is 0. The van der Waals surface area contributed by atoms with Crippen molar-refractivity contribution in [1.82, 2.24) is 10.6 Å². The van der Waals surface area contributed by atoms with Crippen LogP contribution in [-0.2, 0) is 11.2 Å². The Hall–Kier alpha value is -0.870. The Balaban J connectivity index is 2.27. The maximum atomic E-state index is 11.4. The first-order valence-corrected chi connectivity index (χ1v) is 5.50. The first-order chi connectivity index (χ1) is 6.72. The topological polar surface area (TPSA) is 41.1 Å². The normalized spacial score (nSPS) is 10.1. The largest absolute Gasteiger partial charge is 0.355 e. The van der Waals surface area contributed by atoms with Gasteiger partial charge in [0.25, 0.3) is 0 Å². The minimum absolute atomic E-state index is 0.0992. The number of rotatable bonds is 5. The first-order valence-electron chi connectivity index (χ1n) is 4.69. The molecule has 1 rings (SSSR count). The summed E-state index contributed by atoms with van der Waals surface area (Å²) >= 11 is 1.68. The van der Waals surface area contributed by atoms with E-state index >= 15 is 0 Å². The van der Waals surface area contributed by atoms with Crippen molar-refractivity contribution in [3.05, 3.63) is 21.9 Å². The van der Waals surface area contributed by atoms with Gasteiger partial charge in [0, 0.05) is 22.8 Å². The first kappa shape index (κ1) is 11.2. The number of nitrogens with one attached hydrogen (secondary N) is 2. The molecular formula is C10H16N2OS. The Kier molecular flexibility index (Phi) is 4.62. The van der Waals surface area contributed by atoms with E-state index in [4.69, 9.17) is 0 Å². The van der Waals surface area contributed by atoms with Crippen LogP contribution in [0.3, 0.4) is 0 Å². The molecule has 0 aliphatic carbocycles. The van der Waals surface area contributed by atoms with Crippen molar-refractivity contribution >= 4 is 17.2 Å². The fourth-order valence-electron chi connectivity index (χ4n) is 1.13. The Morgan fingerprint density at radius 2 is 2.21 bits per heavy atom. The summed E-state index contributed by atoms with van der Waals surface area (Å²) in [6.45, 7) is 3.56. The number of thiophene rings is 1. The third kappa shape index (κ3) is 3.89. The van der Waals surface area contributed by atoms with Gasteiger partial charge >= 0.3 is 0 Å². The summed E-state index contributed by atoms with van der Waals surface area (Å²) in [6.07, 6.45) is 0.502. The van der Waals surface area contributed by atoms with Crippen LogP contribution in [-0.4, -0.2) is 26.0 Å². The number of carbonyl (C=O) groups is 1. The highest BCUT2D eigenvalue weighted by Crippen LogP contribution is 2.15. The number of hydrogen-bond donors (Lipinski definition) is 2. The molecule has 0 radical (unpaired) electrons.